The number of imide groups is 1. The van der Waals surface area contributed by atoms with Crippen molar-refractivity contribution in [3.05, 3.63) is 65.2 Å². The number of rotatable bonds is 7. The predicted molar refractivity (Wildman–Crippen MR) is 105 cm³/mol. The molecule has 0 saturated carbocycles. The van der Waals surface area contributed by atoms with E-state index in [4.69, 9.17) is 4.74 Å². The highest BCUT2D eigenvalue weighted by atomic mass is 16.5. The minimum atomic E-state index is -1.04. The van der Waals surface area contributed by atoms with E-state index < -0.39 is 5.54 Å². The second kappa shape index (κ2) is 7.82. The predicted octanol–water partition coefficient (Wildman–Crippen LogP) is 3.79. The zero-order valence-electron chi connectivity index (χ0n) is 16.1. The Bertz CT molecular complexity index is 832. The van der Waals surface area contributed by atoms with E-state index in [2.05, 4.69) is 12.2 Å². The zero-order valence-corrected chi connectivity index (χ0v) is 16.1. The van der Waals surface area contributed by atoms with Crippen molar-refractivity contribution in [3.8, 4) is 5.75 Å². The number of ether oxygens (including phenoxy) is 1. The molecular formula is C22H26N2O3. The third kappa shape index (κ3) is 3.82. The van der Waals surface area contributed by atoms with Gasteiger partial charge in [0.25, 0.3) is 5.91 Å². The Morgan fingerprint density at radius 3 is 2.44 bits per heavy atom. The smallest absolute Gasteiger partial charge is 0.325 e. The molecule has 0 bridgehead atoms. The van der Waals surface area contributed by atoms with Crippen LogP contribution in [0.5, 0.6) is 5.75 Å². The second-order valence-electron chi connectivity index (χ2n) is 7.07. The Morgan fingerprint density at radius 1 is 1.07 bits per heavy atom. The molecule has 1 aliphatic rings. The lowest BCUT2D eigenvalue weighted by molar-refractivity contribution is -0.131. The second-order valence-corrected chi connectivity index (χ2v) is 7.07. The molecule has 0 aliphatic carbocycles. The van der Waals surface area contributed by atoms with E-state index in [1.807, 2.05) is 55.5 Å². The summed E-state index contributed by atoms with van der Waals surface area (Å²) >= 11 is 0. The Balaban J connectivity index is 1.67. The topological polar surface area (TPSA) is 58.6 Å². The van der Waals surface area contributed by atoms with Crippen molar-refractivity contribution in [3.63, 3.8) is 0 Å². The standard InChI is InChI=1S/C22H26N2O3/c1-4-7-17-10-12-18(13-11-17)22(3)20(25)24(21(26)23-22)14-15-27-19-9-6-5-8-16(19)2/h5-6,8-13H,4,7,14-15H2,1-3H3,(H,23,26). The van der Waals surface area contributed by atoms with Gasteiger partial charge < -0.3 is 10.1 Å². The third-order valence-electron chi connectivity index (χ3n) is 5.01. The summed E-state index contributed by atoms with van der Waals surface area (Å²) < 4.78 is 5.74. The maximum Gasteiger partial charge on any atom is 0.325 e. The Morgan fingerprint density at radius 2 is 1.78 bits per heavy atom. The molecule has 0 radical (unpaired) electrons. The number of nitrogens with zero attached hydrogens (tertiary/aromatic N) is 1. The number of hydrogen-bond donors (Lipinski definition) is 1. The molecular weight excluding hydrogens is 340 g/mol. The van der Waals surface area contributed by atoms with Crippen LogP contribution in [0.2, 0.25) is 0 Å². The van der Waals surface area contributed by atoms with Gasteiger partial charge in [-0.15, -0.1) is 0 Å². The molecule has 27 heavy (non-hydrogen) atoms. The average molecular weight is 366 g/mol. The van der Waals surface area contributed by atoms with E-state index in [1.165, 1.54) is 10.5 Å². The van der Waals surface area contributed by atoms with Crippen LogP contribution in [-0.2, 0) is 16.8 Å². The lowest BCUT2D eigenvalue weighted by atomic mass is 9.91. The third-order valence-corrected chi connectivity index (χ3v) is 5.01. The van der Waals surface area contributed by atoms with Gasteiger partial charge >= 0.3 is 6.03 Å². The fourth-order valence-electron chi connectivity index (χ4n) is 3.35. The fraction of sp³-hybridized carbons (Fsp3) is 0.364. The summed E-state index contributed by atoms with van der Waals surface area (Å²) in [7, 11) is 0. The molecule has 1 N–H and O–H groups in total. The molecule has 3 rings (SSSR count). The largest absolute Gasteiger partial charge is 0.491 e. The summed E-state index contributed by atoms with van der Waals surface area (Å²) in [4.78, 5) is 26.6. The fourth-order valence-corrected chi connectivity index (χ4v) is 3.35. The van der Waals surface area contributed by atoms with E-state index in [0.29, 0.717) is 0 Å². The van der Waals surface area contributed by atoms with Crippen molar-refractivity contribution in [2.45, 2.75) is 39.2 Å². The molecule has 3 amide bonds. The molecule has 1 atom stereocenters. The van der Waals surface area contributed by atoms with Crippen LogP contribution in [0, 0.1) is 6.92 Å². The molecule has 1 unspecified atom stereocenters. The number of carbonyl (C=O) groups is 2. The molecule has 5 heteroatoms. The number of hydrogen-bond acceptors (Lipinski definition) is 3. The highest BCUT2D eigenvalue weighted by Crippen LogP contribution is 2.29. The Labute approximate surface area is 160 Å². The summed E-state index contributed by atoms with van der Waals surface area (Å²) in [5.74, 6) is 0.517. The van der Waals surface area contributed by atoms with Crippen LogP contribution in [-0.4, -0.2) is 30.0 Å². The maximum absolute atomic E-state index is 12.9. The van der Waals surface area contributed by atoms with Crippen LogP contribution in [0.4, 0.5) is 4.79 Å². The summed E-state index contributed by atoms with van der Waals surface area (Å²) in [5, 5.41) is 2.84. The Kier molecular flexibility index (Phi) is 5.49. The van der Waals surface area contributed by atoms with Gasteiger partial charge in [0.05, 0.1) is 6.54 Å². The molecule has 0 spiro atoms. The van der Waals surface area contributed by atoms with Crippen LogP contribution in [0.1, 0.15) is 37.0 Å². The molecule has 5 nitrogen and oxygen atoms in total. The summed E-state index contributed by atoms with van der Waals surface area (Å²) in [6.07, 6.45) is 2.07. The molecule has 1 heterocycles. The van der Waals surface area contributed by atoms with Crippen molar-refractivity contribution >= 4 is 11.9 Å². The average Bonchev–Trinajstić information content (AvgIpc) is 2.88. The molecule has 142 valence electrons. The van der Waals surface area contributed by atoms with Gasteiger partial charge in [-0.2, -0.15) is 0 Å². The van der Waals surface area contributed by atoms with E-state index in [-0.39, 0.29) is 25.1 Å². The van der Waals surface area contributed by atoms with Gasteiger partial charge in [0.15, 0.2) is 0 Å². The van der Waals surface area contributed by atoms with Gasteiger partial charge in [0, 0.05) is 0 Å². The first-order chi connectivity index (χ1) is 13.0. The first kappa shape index (κ1) is 19.0. The molecule has 1 aliphatic heterocycles. The van der Waals surface area contributed by atoms with E-state index >= 15 is 0 Å². The number of carbonyl (C=O) groups excluding carboxylic acids is 2. The number of para-hydroxylation sites is 1. The Hall–Kier alpha value is -2.82. The van der Waals surface area contributed by atoms with Gasteiger partial charge in [-0.3, -0.25) is 9.69 Å². The van der Waals surface area contributed by atoms with E-state index in [9.17, 15) is 9.59 Å². The van der Waals surface area contributed by atoms with Crippen molar-refractivity contribution in [1.29, 1.82) is 0 Å². The lowest BCUT2D eigenvalue weighted by Gasteiger charge is -2.22. The zero-order chi connectivity index (χ0) is 19.4. The van der Waals surface area contributed by atoms with Crippen molar-refractivity contribution < 1.29 is 14.3 Å². The van der Waals surface area contributed by atoms with Crippen LogP contribution < -0.4 is 10.1 Å². The molecule has 2 aromatic carbocycles. The first-order valence-electron chi connectivity index (χ1n) is 9.37. The number of amides is 3. The number of urea groups is 1. The minimum Gasteiger partial charge on any atom is -0.491 e. The van der Waals surface area contributed by atoms with Crippen molar-refractivity contribution in [1.82, 2.24) is 10.2 Å². The van der Waals surface area contributed by atoms with Crippen molar-refractivity contribution in [2.75, 3.05) is 13.2 Å². The lowest BCUT2D eigenvalue weighted by Crippen LogP contribution is -2.41. The summed E-state index contributed by atoms with van der Waals surface area (Å²) in [6.45, 7) is 6.32. The van der Waals surface area contributed by atoms with E-state index in [1.54, 1.807) is 6.92 Å². The van der Waals surface area contributed by atoms with Gasteiger partial charge in [-0.05, 0) is 43.0 Å². The quantitative estimate of drug-likeness (QED) is 0.759. The number of aryl methyl sites for hydroxylation is 2. The van der Waals surface area contributed by atoms with Gasteiger partial charge in [0.1, 0.15) is 17.9 Å². The maximum atomic E-state index is 12.9. The van der Waals surface area contributed by atoms with Gasteiger partial charge in [-0.1, -0.05) is 55.8 Å². The molecule has 0 aromatic heterocycles. The van der Waals surface area contributed by atoms with Crippen molar-refractivity contribution in [2.24, 2.45) is 0 Å². The minimum absolute atomic E-state index is 0.211. The number of nitrogens with one attached hydrogen (secondary N) is 1. The molecule has 1 saturated heterocycles. The van der Waals surface area contributed by atoms with Gasteiger partial charge in [0.2, 0.25) is 0 Å². The summed E-state index contributed by atoms with van der Waals surface area (Å²) in [6, 6.07) is 15.2. The molecule has 1 fully saturated rings. The summed E-state index contributed by atoms with van der Waals surface area (Å²) in [5.41, 5.74) is 2.00. The van der Waals surface area contributed by atoms with Crippen LogP contribution in [0.25, 0.3) is 0 Å². The monoisotopic (exact) mass is 366 g/mol. The van der Waals surface area contributed by atoms with Gasteiger partial charge in [-0.25, -0.2) is 4.79 Å². The van der Waals surface area contributed by atoms with Crippen LogP contribution in [0.15, 0.2) is 48.5 Å². The first-order valence-corrected chi connectivity index (χ1v) is 9.37. The number of benzene rings is 2. The van der Waals surface area contributed by atoms with Crippen LogP contribution in [0.3, 0.4) is 0 Å². The van der Waals surface area contributed by atoms with E-state index in [0.717, 1.165) is 29.7 Å². The normalized spacial score (nSPS) is 19.3. The SMILES string of the molecule is CCCc1ccc(C2(C)NC(=O)N(CCOc3ccccc3C)C2=O)cc1. The van der Waals surface area contributed by atoms with Crippen LogP contribution >= 0.6 is 0 Å². The highest BCUT2D eigenvalue weighted by Gasteiger charge is 2.48. The molecule has 2 aromatic rings. The highest BCUT2D eigenvalue weighted by molar-refractivity contribution is 6.07.